The van der Waals surface area contributed by atoms with E-state index in [9.17, 15) is 9.59 Å². The summed E-state index contributed by atoms with van der Waals surface area (Å²) >= 11 is 1.24. The van der Waals surface area contributed by atoms with E-state index >= 15 is 0 Å². The van der Waals surface area contributed by atoms with E-state index in [1.165, 1.54) is 24.0 Å². The molecule has 0 saturated carbocycles. The van der Waals surface area contributed by atoms with E-state index in [-0.39, 0.29) is 29.4 Å². The molecule has 0 unspecified atom stereocenters. The fourth-order valence-corrected chi connectivity index (χ4v) is 2.78. The van der Waals surface area contributed by atoms with Crippen LogP contribution in [0.4, 0.5) is 0 Å². The molecule has 1 aromatic heterocycles. The van der Waals surface area contributed by atoms with Crippen LogP contribution < -0.4 is 5.56 Å². The Labute approximate surface area is 115 Å². The number of nitrogens with zero attached hydrogens (tertiary/aromatic N) is 2. The Morgan fingerprint density at radius 1 is 1.53 bits per heavy atom. The van der Waals surface area contributed by atoms with Gasteiger partial charge in [0, 0.05) is 25.4 Å². The van der Waals surface area contributed by atoms with Crippen LogP contribution in [-0.2, 0) is 9.53 Å². The van der Waals surface area contributed by atoms with Gasteiger partial charge in [-0.25, -0.2) is 4.98 Å². The Kier molecular flexibility index (Phi) is 4.60. The first kappa shape index (κ1) is 14.1. The largest absolute Gasteiger partial charge is 0.372 e. The van der Waals surface area contributed by atoms with Gasteiger partial charge >= 0.3 is 0 Å². The Hall–Kier alpha value is -1.34. The van der Waals surface area contributed by atoms with Crippen molar-refractivity contribution in [1.29, 1.82) is 0 Å². The third kappa shape index (κ3) is 4.07. The first-order chi connectivity index (χ1) is 9.04. The van der Waals surface area contributed by atoms with Crippen molar-refractivity contribution >= 4 is 17.7 Å². The van der Waals surface area contributed by atoms with Gasteiger partial charge in [0.2, 0.25) is 5.91 Å². The number of rotatable bonds is 3. The Morgan fingerprint density at radius 2 is 2.21 bits per heavy atom. The fourth-order valence-electron chi connectivity index (χ4n) is 2.03. The number of aromatic nitrogens is 2. The average molecular weight is 283 g/mol. The third-order valence-corrected chi connectivity index (χ3v) is 3.62. The molecule has 0 aliphatic carbocycles. The fraction of sp³-hybridized carbons (Fsp3) is 0.583. The van der Waals surface area contributed by atoms with E-state index in [4.69, 9.17) is 4.74 Å². The van der Waals surface area contributed by atoms with Gasteiger partial charge < -0.3 is 14.6 Å². The number of nitrogens with one attached hydrogen (secondary N) is 1. The van der Waals surface area contributed by atoms with Gasteiger partial charge in [-0.05, 0) is 13.8 Å². The summed E-state index contributed by atoms with van der Waals surface area (Å²) in [6.45, 7) is 5.14. The first-order valence-corrected chi connectivity index (χ1v) is 7.14. The van der Waals surface area contributed by atoms with Crippen molar-refractivity contribution < 1.29 is 9.53 Å². The van der Waals surface area contributed by atoms with Gasteiger partial charge in [-0.15, -0.1) is 0 Å². The van der Waals surface area contributed by atoms with Crippen LogP contribution in [-0.4, -0.2) is 51.8 Å². The molecule has 0 aromatic carbocycles. The number of amides is 1. The summed E-state index contributed by atoms with van der Waals surface area (Å²) < 4.78 is 5.58. The molecule has 0 spiro atoms. The lowest BCUT2D eigenvalue weighted by atomic mass is 10.2. The maximum atomic E-state index is 12.1. The monoisotopic (exact) mass is 283 g/mol. The molecule has 1 aliphatic heterocycles. The van der Waals surface area contributed by atoms with Crippen molar-refractivity contribution in [2.24, 2.45) is 0 Å². The van der Waals surface area contributed by atoms with Crippen molar-refractivity contribution in [3.8, 4) is 0 Å². The molecule has 104 valence electrons. The van der Waals surface area contributed by atoms with Crippen LogP contribution in [0.3, 0.4) is 0 Å². The van der Waals surface area contributed by atoms with Crippen molar-refractivity contribution in [3.63, 3.8) is 0 Å². The normalized spacial score (nSPS) is 23.4. The number of hydrogen-bond acceptors (Lipinski definition) is 5. The lowest BCUT2D eigenvalue weighted by molar-refractivity contribution is -0.140. The number of ether oxygens (including phenoxy) is 1. The SMILES string of the molecule is C[C@@H]1CN(C(=O)CSc2nccc(=O)[nH]2)C[C@@H](C)O1. The molecule has 2 rings (SSSR count). The standard InChI is InChI=1S/C12H17N3O3S/c1-8-5-15(6-9(2)18-8)11(17)7-19-12-13-4-3-10(16)14-12/h3-4,8-9H,5-7H2,1-2H3,(H,13,14,16)/t8-,9-/m1/s1. The highest BCUT2D eigenvalue weighted by atomic mass is 32.2. The lowest BCUT2D eigenvalue weighted by Gasteiger charge is -2.35. The van der Waals surface area contributed by atoms with Crippen LogP contribution in [0.5, 0.6) is 0 Å². The van der Waals surface area contributed by atoms with Crippen LogP contribution in [0.2, 0.25) is 0 Å². The molecule has 0 bridgehead atoms. The highest BCUT2D eigenvalue weighted by Crippen LogP contribution is 2.15. The van der Waals surface area contributed by atoms with Crippen LogP contribution >= 0.6 is 11.8 Å². The minimum atomic E-state index is -0.210. The second-order valence-corrected chi connectivity index (χ2v) is 5.55. The van der Waals surface area contributed by atoms with E-state index in [1.54, 1.807) is 4.90 Å². The molecular weight excluding hydrogens is 266 g/mol. The van der Waals surface area contributed by atoms with E-state index < -0.39 is 0 Å². The number of aromatic amines is 1. The predicted molar refractivity (Wildman–Crippen MR) is 72.2 cm³/mol. The highest BCUT2D eigenvalue weighted by Gasteiger charge is 2.25. The second-order valence-electron chi connectivity index (χ2n) is 4.58. The molecule has 1 aromatic rings. The van der Waals surface area contributed by atoms with E-state index in [0.717, 1.165) is 0 Å². The van der Waals surface area contributed by atoms with Crippen molar-refractivity contribution in [2.45, 2.75) is 31.2 Å². The van der Waals surface area contributed by atoms with Crippen LogP contribution in [0.1, 0.15) is 13.8 Å². The smallest absolute Gasteiger partial charge is 0.251 e. The molecule has 6 nitrogen and oxygen atoms in total. The number of H-pyrrole nitrogens is 1. The van der Waals surface area contributed by atoms with Gasteiger partial charge in [0.25, 0.3) is 5.56 Å². The Bertz CT molecular complexity index is 495. The second kappa shape index (κ2) is 6.21. The van der Waals surface area contributed by atoms with E-state index in [0.29, 0.717) is 18.2 Å². The summed E-state index contributed by atoms with van der Waals surface area (Å²) in [5, 5.41) is 0.468. The van der Waals surface area contributed by atoms with Crippen molar-refractivity contribution in [2.75, 3.05) is 18.8 Å². The zero-order chi connectivity index (χ0) is 13.8. The van der Waals surface area contributed by atoms with Crippen LogP contribution in [0.15, 0.2) is 22.2 Å². The molecule has 2 heterocycles. The molecule has 7 heteroatoms. The van der Waals surface area contributed by atoms with Crippen molar-refractivity contribution in [1.82, 2.24) is 14.9 Å². The molecular formula is C12H17N3O3S. The molecule has 1 aliphatic rings. The number of hydrogen-bond donors (Lipinski definition) is 1. The average Bonchev–Trinajstić information content (AvgIpc) is 2.35. The van der Waals surface area contributed by atoms with Gasteiger partial charge in [-0.3, -0.25) is 9.59 Å². The Morgan fingerprint density at radius 3 is 2.84 bits per heavy atom. The summed E-state index contributed by atoms with van der Waals surface area (Å²) in [7, 11) is 0. The van der Waals surface area contributed by atoms with E-state index in [1.807, 2.05) is 13.8 Å². The summed E-state index contributed by atoms with van der Waals surface area (Å²) in [4.78, 5) is 31.6. The quantitative estimate of drug-likeness (QED) is 0.646. The van der Waals surface area contributed by atoms with Gasteiger partial charge in [0.1, 0.15) is 0 Å². The summed E-state index contributed by atoms with van der Waals surface area (Å²) in [6, 6.07) is 1.34. The topological polar surface area (TPSA) is 75.3 Å². The van der Waals surface area contributed by atoms with Gasteiger partial charge in [-0.1, -0.05) is 11.8 Å². The number of carbonyl (C=O) groups is 1. The van der Waals surface area contributed by atoms with Gasteiger partial charge in [0.05, 0.1) is 18.0 Å². The number of thioether (sulfide) groups is 1. The first-order valence-electron chi connectivity index (χ1n) is 6.16. The maximum Gasteiger partial charge on any atom is 0.251 e. The zero-order valence-electron chi connectivity index (χ0n) is 11.0. The Balaban J connectivity index is 1.89. The number of carbonyl (C=O) groups excluding carboxylic acids is 1. The summed E-state index contributed by atoms with van der Waals surface area (Å²) in [6.07, 6.45) is 1.56. The van der Waals surface area contributed by atoms with Gasteiger partial charge in [0.15, 0.2) is 5.16 Å². The molecule has 1 fully saturated rings. The molecule has 1 saturated heterocycles. The summed E-state index contributed by atoms with van der Waals surface area (Å²) in [5.74, 6) is 0.311. The highest BCUT2D eigenvalue weighted by molar-refractivity contribution is 7.99. The lowest BCUT2D eigenvalue weighted by Crippen LogP contribution is -2.48. The zero-order valence-corrected chi connectivity index (χ0v) is 11.8. The van der Waals surface area contributed by atoms with Crippen molar-refractivity contribution in [3.05, 3.63) is 22.6 Å². The molecule has 1 N–H and O–H groups in total. The summed E-state index contributed by atoms with van der Waals surface area (Å²) in [5.41, 5.74) is -0.210. The predicted octanol–water partition coefficient (Wildman–Crippen LogP) is 0.498. The molecule has 0 radical (unpaired) electrons. The molecule has 2 atom stereocenters. The molecule has 1 amide bonds. The minimum absolute atomic E-state index is 0.0403. The third-order valence-electron chi connectivity index (χ3n) is 2.75. The van der Waals surface area contributed by atoms with E-state index in [2.05, 4.69) is 9.97 Å². The van der Waals surface area contributed by atoms with Crippen LogP contribution in [0.25, 0.3) is 0 Å². The van der Waals surface area contributed by atoms with Gasteiger partial charge in [-0.2, -0.15) is 0 Å². The molecule has 19 heavy (non-hydrogen) atoms. The maximum absolute atomic E-state index is 12.1. The van der Waals surface area contributed by atoms with Crippen LogP contribution in [0, 0.1) is 0 Å². The number of morpholine rings is 1. The minimum Gasteiger partial charge on any atom is -0.372 e.